The fraction of sp³-hybridized carbons (Fsp3) is 0.625. The van der Waals surface area contributed by atoms with E-state index in [1.807, 2.05) is 0 Å². The quantitative estimate of drug-likeness (QED) is 0.913. The van der Waals surface area contributed by atoms with Gasteiger partial charge in [-0.2, -0.15) is 0 Å². The minimum Gasteiger partial charge on any atom is -0.411 e. The van der Waals surface area contributed by atoms with E-state index < -0.39 is 0 Å². The van der Waals surface area contributed by atoms with Crippen molar-refractivity contribution in [3.63, 3.8) is 0 Å². The third-order valence-corrected chi connectivity index (χ3v) is 5.81. The predicted octanol–water partition coefficient (Wildman–Crippen LogP) is 2.66. The van der Waals surface area contributed by atoms with Gasteiger partial charge in [-0.15, -0.1) is 10.2 Å². The first-order chi connectivity index (χ1) is 11.6. The van der Waals surface area contributed by atoms with E-state index in [4.69, 9.17) is 9.15 Å². The zero-order valence-corrected chi connectivity index (χ0v) is 14.4. The van der Waals surface area contributed by atoms with Gasteiger partial charge in [-0.25, -0.2) is 4.37 Å². The van der Waals surface area contributed by atoms with E-state index in [1.165, 1.54) is 18.0 Å². The number of hydrogen-bond acceptors (Lipinski definition) is 7. The predicted molar refractivity (Wildman–Crippen MR) is 87.6 cm³/mol. The van der Waals surface area contributed by atoms with Gasteiger partial charge in [0.2, 0.25) is 0 Å². The van der Waals surface area contributed by atoms with E-state index in [0.29, 0.717) is 12.4 Å². The van der Waals surface area contributed by atoms with Crippen molar-refractivity contribution >= 4 is 17.4 Å². The number of aromatic nitrogens is 3. The van der Waals surface area contributed by atoms with Gasteiger partial charge in [0, 0.05) is 19.3 Å². The zero-order valence-electron chi connectivity index (χ0n) is 13.6. The Morgan fingerprint density at radius 3 is 2.96 bits per heavy atom. The molecule has 1 amide bonds. The number of nitrogens with zero attached hydrogens (tertiary/aromatic N) is 3. The first kappa shape index (κ1) is 15.7. The second-order valence-corrected chi connectivity index (χ2v) is 7.93. The molecule has 0 radical (unpaired) electrons. The minimum atomic E-state index is -0.325. The lowest BCUT2D eigenvalue weighted by Crippen LogP contribution is -2.52. The van der Waals surface area contributed by atoms with E-state index in [-0.39, 0.29) is 22.8 Å². The molecule has 1 aliphatic carbocycles. The number of carbonyl (C=O) groups is 1. The topological polar surface area (TPSA) is 90.1 Å². The van der Waals surface area contributed by atoms with Crippen molar-refractivity contribution in [1.29, 1.82) is 0 Å². The van der Waals surface area contributed by atoms with Crippen LogP contribution in [-0.2, 0) is 4.74 Å². The van der Waals surface area contributed by atoms with Gasteiger partial charge in [0.05, 0.1) is 5.60 Å². The van der Waals surface area contributed by atoms with Crippen LogP contribution in [0.25, 0.3) is 10.8 Å². The Bertz CT molecular complexity index is 726. The fourth-order valence-corrected chi connectivity index (χ4v) is 4.10. The second-order valence-electron chi connectivity index (χ2n) is 7.09. The van der Waals surface area contributed by atoms with Crippen LogP contribution in [0.4, 0.5) is 0 Å². The normalized spacial score (nSPS) is 25.4. The summed E-state index contributed by atoms with van der Waals surface area (Å²) in [6, 6.07) is 1.78. The molecule has 7 nitrogen and oxygen atoms in total. The lowest BCUT2D eigenvalue weighted by Gasteiger charge is -2.51. The summed E-state index contributed by atoms with van der Waals surface area (Å²) in [5.74, 6) is -0.00518. The summed E-state index contributed by atoms with van der Waals surface area (Å²) in [6.45, 7) is 3.57. The number of ether oxygens (including phenoxy) is 1. The molecule has 1 saturated heterocycles. The van der Waals surface area contributed by atoms with Crippen LogP contribution in [0.5, 0.6) is 0 Å². The van der Waals surface area contributed by atoms with Gasteiger partial charge >= 0.3 is 11.8 Å². The van der Waals surface area contributed by atoms with Crippen molar-refractivity contribution in [2.75, 3.05) is 13.2 Å². The zero-order chi connectivity index (χ0) is 16.6. The molecule has 128 valence electrons. The minimum absolute atomic E-state index is 0.00702. The summed E-state index contributed by atoms with van der Waals surface area (Å²) < 4.78 is 15.4. The van der Waals surface area contributed by atoms with E-state index in [9.17, 15) is 4.79 Å². The molecule has 1 aliphatic heterocycles. The van der Waals surface area contributed by atoms with Crippen LogP contribution < -0.4 is 5.32 Å². The van der Waals surface area contributed by atoms with Crippen molar-refractivity contribution < 1.29 is 13.9 Å². The molecule has 1 spiro atoms. The van der Waals surface area contributed by atoms with Crippen molar-refractivity contribution in [3.05, 3.63) is 18.2 Å². The SMILES string of the molecule is CC1(CNC(=O)c2nnc(-c3ccns3)o2)CCOC2(CCC2)C1. The molecular weight excluding hydrogens is 328 g/mol. The van der Waals surface area contributed by atoms with Crippen LogP contribution in [0.15, 0.2) is 16.7 Å². The summed E-state index contributed by atoms with van der Waals surface area (Å²) in [5, 5.41) is 10.7. The molecule has 2 aromatic heterocycles. The summed E-state index contributed by atoms with van der Waals surface area (Å²) >= 11 is 1.25. The Hall–Kier alpha value is -1.80. The van der Waals surface area contributed by atoms with Crippen LogP contribution >= 0.6 is 11.5 Å². The number of carbonyl (C=O) groups excluding carboxylic acids is 1. The van der Waals surface area contributed by atoms with Crippen molar-refractivity contribution in [1.82, 2.24) is 19.9 Å². The van der Waals surface area contributed by atoms with Crippen molar-refractivity contribution in [2.45, 2.75) is 44.6 Å². The first-order valence-corrected chi connectivity index (χ1v) is 9.02. The van der Waals surface area contributed by atoms with Crippen LogP contribution in [-0.4, -0.2) is 39.2 Å². The highest BCUT2D eigenvalue weighted by atomic mass is 32.1. The van der Waals surface area contributed by atoms with Crippen molar-refractivity contribution in [3.8, 4) is 10.8 Å². The van der Waals surface area contributed by atoms with Crippen LogP contribution in [0.2, 0.25) is 0 Å². The largest absolute Gasteiger partial charge is 0.411 e. The van der Waals surface area contributed by atoms with Crippen molar-refractivity contribution in [2.24, 2.45) is 5.41 Å². The molecule has 24 heavy (non-hydrogen) atoms. The highest BCUT2D eigenvalue weighted by Gasteiger charge is 2.47. The standard InChI is InChI=1S/C16H20N4O3S/c1-15(6-8-22-16(9-15)4-2-5-16)10-17-12(21)14-20-19-13(23-14)11-3-7-18-24-11/h3,7H,2,4-6,8-10H2,1H3,(H,17,21). The Balaban J connectivity index is 1.38. The van der Waals surface area contributed by atoms with E-state index in [2.05, 4.69) is 26.8 Å². The molecule has 2 aliphatic rings. The number of hydrogen-bond donors (Lipinski definition) is 1. The molecule has 4 rings (SSSR count). The Kier molecular flexibility index (Phi) is 3.88. The maximum atomic E-state index is 12.3. The summed E-state index contributed by atoms with van der Waals surface area (Å²) in [7, 11) is 0. The smallest absolute Gasteiger partial charge is 0.308 e. The third kappa shape index (κ3) is 2.95. The van der Waals surface area contributed by atoms with Crippen LogP contribution in [0, 0.1) is 5.41 Å². The number of nitrogens with one attached hydrogen (secondary N) is 1. The van der Waals surface area contributed by atoms with Gasteiger partial charge < -0.3 is 14.5 Å². The van der Waals surface area contributed by atoms with E-state index >= 15 is 0 Å². The molecule has 0 bridgehead atoms. The monoisotopic (exact) mass is 348 g/mol. The molecule has 1 saturated carbocycles. The second kappa shape index (κ2) is 5.93. The molecule has 2 aromatic rings. The fourth-order valence-electron chi connectivity index (χ4n) is 3.58. The molecule has 3 heterocycles. The third-order valence-electron chi connectivity index (χ3n) is 5.07. The lowest BCUT2D eigenvalue weighted by molar-refractivity contribution is -0.162. The summed E-state index contributed by atoms with van der Waals surface area (Å²) in [4.78, 5) is 13.1. The highest BCUT2D eigenvalue weighted by Crippen LogP contribution is 2.48. The number of rotatable bonds is 4. The molecule has 8 heteroatoms. The molecule has 1 unspecified atom stereocenters. The molecule has 2 fully saturated rings. The highest BCUT2D eigenvalue weighted by molar-refractivity contribution is 7.09. The van der Waals surface area contributed by atoms with Gasteiger partial charge in [0.1, 0.15) is 4.88 Å². The molecule has 0 aromatic carbocycles. The maximum absolute atomic E-state index is 12.3. The Morgan fingerprint density at radius 2 is 2.25 bits per heavy atom. The molecular formula is C16H20N4O3S. The van der Waals surface area contributed by atoms with Gasteiger partial charge in [-0.3, -0.25) is 4.79 Å². The molecule has 1 atom stereocenters. The van der Waals surface area contributed by atoms with E-state index in [0.717, 1.165) is 37.2 Å². The Morgan fingerprint density at radius 1 is 1.38 bits per heavy atom. The Labute approximate surface area is 144 Å². The summed E-state index contributed by atoms with van der Waals surface area (Å²) in [5.41, 5.74) is 0.108. The van der Waals surface area contributed by atoms with Gasteiger partial charge in [0.25, 0.3) is 5.89 Å². The first-order valence-electron chi connectivity index (χ1n) is 8.24. The average Bonchev–Trinajstić information content (AvgIpc) is 3.22. The number of amides is 1. The van der Waals surface area contributed by atoms with Crippen LogP contribution in [0.3, 0.4) is 0 Å². The lowest BCUT2D eigenvalue weighted by atomic mass is 9.66. The summed E-state index contributed by atoms with van der Waals surface area (Å²) in [6.07, 6.45) is 7.12. The van der Waals surface area contributed by atoms with Gasteiger partial charge in [-0.1, -0.05) is 6.92 Å². The van der Waals surface area contributed by atoms with E-state index in [1.54, 1.807) is 12.3 Å². The average molecular weight is 348 g/mol. The van der Waals surface area contributed by atoms with Crippen LogP contribution in [0.1, 0.15) is 49.7 Å². The van der Waals surface area contributed by atoms with Gasteiger partial charge in [-0.05, 0) is 55.1 Å². The molecule has 1 N–H and O–H groups in total. The van der Waals surface area contributed by atoms with Gasteiger partial charge in [0.15, 0.2) is 0 Å². The maximum Gasteiger partial charge on any atom is 0.308 e.